The first kappa shape index (κ1) is 17.5. The van der Waals surface area contributed by atoms with Crippen LogP contribution in [0.15, 0.2) is 12.1 Å². The number of phenolic OH excluding ortho intramolecular Hbond substituents is 1. The summed E-state index contributed by atoms with van der Waals surface area (Å²) in [4.78, 5) is 11.5. The Bertz CT molecular complexity index is 528. The molecule has 0 unspecified atom stereocenters. The molecule has 0 spiro atoms. The summed E-state index contributed by atoms with van der Waals surface area (Å²) < 4.78 is 0. The fraction of sp³-hybridized carbons (Fsp3) is 0.588. The number of hydrogen-bond acceptors (Lipinski definition) is 3. The minimum atomic E-state index is -0.236. The van der Waals surface area contributed by atoms with Gasteiger partial charge in [0.2, 0.25) is 5.91 Å². The molecule has 0 bridgehead atoms. The summed E-state index contributed by atoms with van der Waals surface area (Å²) in [6.07, 6.45) is 1.15. The average molecular weight is 292 g/mol. The number of carbonyl (C=O) groups is 1. The molecule has 0 saturated heterocycles. The van der Waals surface area contributed by atoms with Gasteiger partial charge in [-0.1, -0.05) is 46.8 Å². The predicted octanol–water partition coefficient (Wildman–Crippen LogP) is 2.95. The lowest BCUT2D eigenvalue weighted by molar-refractivity contribution is -0.120. The summed E-state index contributed by atoms with van der Waals surface area (Å²) in [5, 5.41) is 10.4. The third kappa shape index (κ3) is 4.74. The van der Waals surface area contributed by atoms with Crippen LogP contribution < -0.4 is 11.3 Å². The lowest BCUT2D eigenvalue weighted by Crippen LogP contribution is -2.31. The standard InChI is InChI=1S/C17H28N2O2/c1-11-7-12(9-14(20)19-18)8-13(15(11)21)17(5,6)10-16(2,3)4/h7-8,21H,9-10,18H2,1-6H3,(H,19,20). The van der Waals surface area contributed by atoms with Gasteiger partial charge in [0.15, 0.2) is 0 Å². The number of phenols is 1. The second-order valence-corrected chi connectivity index (χ2v) is 7.67. The molecule has 1 aromatic carbocycles. The van der Waals surface area contributed by atoms with Crippen LogP contribution in [0.3, 0.4) is 0 Å². The first-order valence-corrected chi connectivity index (χ1v) is 7.29. The van der Waals surface area contributed by atoms with Gasteiger partial charge in [-0.25, -0.2) is 5.84 Å². The second kappa shape index (κ2) is 6.06. The highest BCUT2D eigenvalue weighted by Gasteiger charge is 2.30. The number of carbonyl (C=O) groups excluding carboxylic acids is 1. The van der Waals surface area contributed by atoms with Gasteiger partial charge in [0.1, 0.15) is 5.75 Å². The summed E-state index contributed by atoms with van der Waals surface area (Å²) >= 11 is 0. The van der Waals surface area contributed by atoms with Crippen molar-refractivity contribution in [2.75, 3.05) is 0 Å². The van der Waals surface area contributed by atoms with E-state index in [0.29, 0.717) is 5.75 Å². The largest absolute Gasteiger partial charge is 0.507 e. The van der Waals surface area contributed by atoms with Crippen LogP contribution in [-0.2, 0) is 16.6 Å². The van der Waals surface area contributed by atoms with Crippen molar-refractivity contribution < 1.29 is 9.90 Å². The Morgan fingerprint density at radius 2 is 1.81 bits per heavy atom. The van der Waals surface area contributed by atoms with Gasteiger partial charge in [-0.05, 0) is 35.3 Å². The number of aryl methyl sites for hydroxylation is 1. The van der Waals surface area contributed by atoms with Crippen LogP contribution in [0, 0.1) is 12.3 Å². The third-order valence-electron chi connectivity index (χ3n) is 3.59. The van der Waals surface area contributed by atoms with E-state index in [1.165, 1.54) is 0 Å². The molecule has 0 aromatic heterocycles. The van der Waals surface area contributed by atoms with Crippen molar-refractivity contribution in [2.24, 2.45) is 11.3 Å². The molecule has 1 amide bonds. The minimum Gasteiger partial charge on any atom is -0.507 e. The Labute approximate surface area is 127 Å². The number of nitrogens with one attached hydrogen (secondary N) is 1. The van der Waals surface area contributed by atoms with Gasteiger partial charge < -0.3 is 5.11 Å². The quantitative estimate of drug-likeness (QED) is 0.454. The molecule has 1 aromatic rings. The smallest absolute Gasteiger partial charge is 0.238 e. The van der Waals surface area contributed by atoms with Crippen molar-refractivity contribution in [1.29, 1.82) is 0 Å². The number of benzene rings is 1. The maximum Gasteiger partial charge on any atom is 0.238 e. The van der Waals surface area contributed by atoms with E-state index in [0.717, 1.165) is 23.1 Å². The second-order valence-electron chi connectivity index (χ2n) is 7.67. The van der Waals surface area contributed by atoms with Crippen molar-refractivity contribution in [2.45, 2.75) is 59.8 Å². The van der Waals surface area contributed by atoms with Gasteiger partial charge in [0.05, 0.1) is 6.42 Å². The van der Waals surface area contributed by atoms with Crippen molar-refractivity contribution in [3.05, 3.63) is 28.8 Å². The van der Waals surface area contributed by atoms with Crippen LogP contribution in [-0.4, -0.2) is 11.0 Å². The Hall–Kier alpha value is -1.55. The molecule has 0 heterocycles. The van der Waals surface area contributed by atoms with E-state index < -0.39 is 0 Å². The van der Waals surface area contributed by atoms with Gasteiger partial charge in [0, 0.05) is 5.56 Å². The highest BCUT2D eigenvalue weighted by atomic mass is 16.3. The molecule has 0 aliphatic heterocycles. The van der Waals surface area contributed by atoms with Crippen LogP contribution in [0.25, 0.3) is 0 Å². The SMILES string of the molecule is Cc1cc(CC(=O)NN)cc(C(C)(C)CC(C)(C)C)c1O. The van der Waals surface area contributed by atoms with E-state index in [1.807, 2.05) is 19.1 Å². The molecule has 4 nitrogen and oxygen atoms in total. The minimum absolute atomic E-state index is 0.147. The van der Waals surface area contributed by atoms with Gasteiger partial charge in [0.25, 0.3) is 0 Å². The molecule has 0 atom stereocenters. The molecule has 0 aliphatic carbocycles. The maximum absolute atomic E-state index is 11.5. The van der Waals surface area contributed by atoms with E-state index in [4.69, 9.17) is 5.84 Å². The van der Waals surface area contributed by atoms with E-state index in [2.05, 4.69) is 40.0 Å². The lowest BCUT2D eigenvalue weighted by Gasteiger charge is -2.34. The van der Waals surface area contributed by atoms with E-state index >= 15 is 0 Å². The zero-order valence-electron chi connectivity index (χ0n) is 14.0. The van der Waals surface area contributed by atoms with Gasteiger partial charge in [-0.2, -0.15) is 0 Å². The predicted molar refractivity (Wildman–Crippen MR) is 86.0 cm³/mol. The van der Waals surface area contributed by atoms with Gasteiger partial charge in [-0.15, -0.1) is 0 Å². The molecule has 4 heteroatoms. The Kier molecular flexibility index (Phi) is 5.05. The first-order chi connectivity index (χ1) is 9.46. The van der Waals surface area contributed by atoms with Crippen LogP contribution in [0.2, 0.25) is 0 Å². The summed E-state index contributed by atoms with van der Waals surface area (Å²) in [5.41, 5.74) is 4.65. The fourth-order valence-electron chi connectivity index (χ4n) is 3.13. The van der Waals surface area contributed by atoms with Crippen molar-refractivity contribution >= 4 is 5.91 Å². The number of rotatable bonds is 4. The maximum atomic E-state index is 11.5. The number of hydrogen-bond donors (Lipinski definition) is 3. The topological polar surface area (TPSA) is 75.4 Å². The Morgan fingerprint density at radius 3 is 2.29 bits per heavy atom. The summed E-state index contributed by atoms with van der Waals surface area (Å²) in [7, 11) is 0. The van der Waals surface area contributed by atoms with Crippen molar-refractivity contribution in [3.63, 3.8) is 0 Å². The van der Waals surface area contributed by atoms with Crippen LogP contribution in [0.5, 0.6) is 5.75 Å². The Morgan fingerprint density at radius 1 is 1.24 bits per heavy atom. The van der Waals surface area contributed by atoms with Crippen molar-refractivity contribution in [3.8, 4) is 5.75 Å². The Balaban J connectivity index is 3.25. The zero-order chi connectivity index (χ0) is 16.4. The summed E-state index contributed by atoms with van der Waals surface area (Å²) in [6.45, 7) is 12.7. The van der Waals surface area contributed by atoms with Crippen LogP contribution >= 0.6 is 0 Å². The fourth-order valence-corrected chi connectivity index (χ4v) is 3.13. The van der Waals surface area contributed by atoms with E-state index in [-0.39, 0.29) is 23.2 Å². The summed E-state index contributed by atoms with van der Waals surface area (Å²) in [5.74, 6) is 5.23. The molecule has 1 rings (SSSR count). The highest BCUT2D eigenvalue weighted by Crippen LogP contribution is 2.41. The molecule has 21 heavy (non-hydrogen) atoms. The number of aromatic hydroxyl groups is 1. The third-order valence-corrected chi connectivity index (χ3v) is 3.59. The van der Waals surface area contributed by atoms with Crippen molar-refractivity contribution in [1.82, 2.24) is 5.43 Å². The van der Waals surface area contributed by atoms with E-state index in [1.54, 1.807) is 0 Å². The molecule has 0 fully saturated rings. The number of nitrogens with two attached hydrogens (primary N) is 1. The highest BCUT2D eigenvalue weighted by molar-refractivity contribution is 5.78. The zero-order valence-corrected chi connectivity index (χ0v) is 14.0. The molecule has 0 aliphatic rings. The first-order valence-electron chi connectivity index (χ1n) is 7.29. The van der Waals surface area contributed by atoms with Crippen LogP contribution in [0.1, 0.15) is 57.7 Å². The molecule has 118 valence electrons. The average Bonchev–Trinajstić information content (AvgIpc) is 2.30. The normalized spacial score (nSPS) is 12.3. The summed E-state index contributed by atoms with van der Waals surface area (Å²) in [6, 6.07) is 3.75. The van der Waals surface area contributed by atoms with Gasteiger partial charge in [-0.3, -0.25) is 10.2 Å². The van der Waals surface area contributed by atoms with Crippen LogP contribution in [0.4, 0.5) is 0 Å². The molecule has 0 radical (unpaired) electrons. The van der Waals surface area contributed by atoms with Gasteiger partial charge >= 0.3 is 0 Å². The number of hydrazine groups is 1. The van der Waals surface area contributed by atoms with E-state index in [9.17, 15) is 9.90 Å². The molecular formula is C17H28N2O2. The number of amides is 1. The monoisotopic (exact) mass is 292 g/mol. The molecule has 4 N–H and O–H groups in total. The lowest BCUT2D eigenvalue weighted by atomic mass is 9.71. The molecule has 0 saturated carbocycles. The molecular weight excluding hydrogens is 264 g/mol.